The van der Waals surface area contributed by atoms with Crippen LogP contribution < -0.4 is 11.1 Å². The number of amides is 2. The summed E-state index contributed by atoms with van der Waals surface area (Å²) in [6, 6.07) is 15.1. The normalized spacial score (nSPS) is 14.1. The average Bonchev–Trinajstić information content (AvgIpc) is 3.20. The van der Waals surface area contributed by atoms with Crippen LogP contribution in [0.25, 0.3) is 22.8 Å². The molecule has 0 saturated heterocycles. The minimum absolute atomic E-state index is 0.0133. The van der Waals surface area contributed by atoms with Crippen LogP contribution in [-0.4, -0.2) is 28.5 Å². The molecule has 2 aromatic carbocycles. The second-order valence-electron chi connectivity index (χ2n) is 6.97. The van der Waals surface area contributed by atoms with Crippen LogP contribution in [-0.2, 0) is 11.2 Å². The maximum atomic E-state index is 12.7. The van der Waals surface area contributed by atoms with Gasteiger partial charge in [-0.2, -0.15) is 0 Å². The number of rotatable bonds is 5. The van der Waals surface area contributed by atoms with E-state index < -0.39 is 5.91 Å². The molecule has 0 unspecified atom stereocenters. The third kappa shape index (κ3) is 3.23. The summed E-state index contributed by atoms with van der Waals surface area (Å²) in [5, 5.41) is 12.3. The fourth-order valence-corrected chi connectivity index (χ4v) is 3.91. The molecule has 0 radical (unpaired) electrons. The van der Waals surface area contributed by atoms with E-state index in [4.69, 9.17) is 5.73 Å². The van der Waals surface area contributed by atoms with Gasteiger partial charge in [-0.15, -0.1) is 0 Å². The minimum Gasteiger partial charge on any atom is -0.396 e. The monoisotopic (exact) mass is 387 g/mol. The summed E-state index contributed by atoms with van der Waals surface area (Å²) in [4.78, 5) is 28.1. The van der Waals surface area contributed by atoms with Crippen molar-refractivity contribution in [2.45, 2.75) is 13.3 Å². The summed E-state index contributed by atoms with van der Waals surface area (Å²) in [6.07, 6.45) is 2.20. The van der Waals surface area contributed by atoms with E-state index in [1.807, 2.05) is 48.5 Å². The van der Waals surface area contributed by atoms with Crippen molar-refractivity contribution in [1.82, 2.24) is 4.98 Å². The maximum Gasteiger partial charge on any atom is 0.256 e. The number of benzene rings is 2. The number of primary amides is 1. The molecule has 0 bridgehead atoms. The van der Waals surface area contributed by atoms with Crippen LogP contribution in [0.2, 0.25) is 0 Å². The number of hydrogen-bond donors (Lipinski definition) is 4. The second-order valence-corrected chi connectivity index (χ2v) is 6.97. The number of aromatic nitrogens is 1. The van der Waals surface area contributed by atoms with E-state index in [9.17, 15) is 14.7 Å². The minimum atomic E-state index is -0.528. The van der Waals surface area contributed by atoms with Gasteiger partial charge in [0.15, 0.2) is 0 Å². The zero-order chi connectivity index (χ0) is 20.5. The molecule has 29 heavy (non-hydrogen) atoms. The van der Waals surface area contributed by atoms with Crippen molar-refractivity contribution < 1.29 is 14.7 Å². The molecule has 0 aliphatic carbocycles. The number of hydrogen-bond acceptors (Lipinski definition) is 3. The number of H-pyrrole nitrogens is 1. The Bertz CT molecular complexity index is 1140. The van der Waals surface area contributed by atoms with E-state index in [1.54, 1.807) is 13.0 Å². The lowest BCUT2D eigenvalue weighted by molar-refractivity contribution is -0.110. The van der Waals surface area contributed by atoms with E-state index in [0.29, 0.717) is 40.2 Å². The van der Waals surface area contributed by atoms with Crippen LogP contribution in [0.3, 0.4) is 0 Å². The summed E-state index contributed by atoms with van der Waals surface area (Å²) in [7, 11) is 0. The molecule has 2 amide bonds. The summed E-state index contributed by atoms with van der Waals surface area (Å²) < 4.78 is 0. The fourth-order valence-electron chi connectivity index (χ4n) is 3.91. The van der Waals surface area contributed by atoms with Crippen molar-refractivity contribution in [3.05, 3.63) is 76.6 Å². The van der Waals surface area contributed by atoms with Crippen molar-refractivity contribution >= 4 is 29.2 Å². The molecule has 0 fully saturated rings. The van der Waals surface area contributed by atoms with Crippen molar-refractivity contribution in [3.63, 3.8) is 0 Å². The number of aryl methyl sites for hydroxylation is 1. The number of aliphatic hydroxyl groups is 1. The fraction of sp³-hybridized carbons (Fsp3) is 0.130. The van der Waals surface area contributed by atoms with Gasteiger partial charge in [0, 0.05) is 34.8 Å². The highest BCUT2D eigenvalue weighted by Crippen LogP contribution is 2.38. The quantitative estimate of drug-likeness (QED) is 0.505. The zero-order valence-electron chi connectivity index (χ0n) is 16.0. The first-order chi connectivity index (χ1) is 14.0. The third-order valence-electron chi connectivity index (χ3n) is 5.11. The first-order valence-electron chi connectivity index (χ1n) is 9.35. The summed E-state index contributed by atoms with van der Waals surface area (Å²) in [6.45, 7) is 1.77. The number of fused-ring (bicyclic) bond motifs is 1. The average molecular weight is 387 g/mol. The lowest BCUT2D eigenvalue weighted by Crippen LogP contribution is -2.12. The highest BCUT2D eigenvalue weighted by molar-refractivity contribution is 6.35. The van der Waals surface area contributed by atoms with Crippen LogP contribution in [0.4, 0.5) is 5.69 Å². The predicted octanol–water partition coefficient (Wildman–Crippen LogP) is 3.12. The van der Waals surface area contributed by atoms with Crippen LogP contribution in [0.5, 0.6) is 0 Å². The smallest absolute Gasteiger partial charge is 0.256 e. The lowest BCUT2D eigenvalue weighted by Gasteiger charge is -2.08. The van der Waals surface area contributed by atoms with E-state index >= 15 is 0 Å². The van der Waals surface area contributed by atoms with Gasteiger partial charge >= 0.3 is 0 Å². The Hall–Kier alpha value is -3.64. The van der Waals surface area contributed by atoms with E-state index in [0.717, 1.165) is 16.7 Å². The van der Waals surface area contributed by atoms with Gasteiger partial charge < -0.3 is 21.1 Å². The summed E-state index contributed by atoms with van der Waals surface area (Å²) in [5.74, 6) is -0.753. The van der Waals surface area contributed by atoms with Crippen molar-refractivity contribution in [2.75, 3.05) is 11.9 Å². The second kappa shape index (κ2) is 7.41. The Kier molecular flexibility index (Phi) is 4.78. The maximum absolute atomic E-state index is 12.7. The molecule has 6 heteroatoms. The Morgan fingerprint density at radius 2 is 1.86 bits per heavy atom. The van der Waals surface area contributed by atoms with Crippen LogP contribution in [0.1, 0.15) is 32.9 Å². The van der Waals surface area contributed by atoms with Crippen molar-refractivity contribution in [3.8, 4) is 11.1 Å². The molecule has 5 N–H and O–H groups in total. The van der Waals surface area contributed by atoms with Gasteiger partial charge in [0.1, 0.15) is 0 Å². The number of aromatic amines is 1. The van der Waals surface area contributed by atoms with Gasteiger partial charge in [0.2, 0.25) is 0 Å². The third-order valence-corrected chi connectivity index (χ3v) is 5.11. The van der Waals surface area contributed by atoms with E-state index in [2.05, 4.69) is 10.3 Å². The number of carbonyl (C=O) groups excluding carboxylic acids is 2. The Balaban J connectivity index is 1.95. The summed E-state index contributed by atoms with van der Waals surface area (Å²) in [5.41, 5.74) is 11.7. The molecule has 4 rings (SSSR count). The predicted molar refractivity (Wildman–Crippen MR) is 113 cm³/mol. The van der Waals surface area contributed by atoms with Gasteiger partial charge in [0.05, 0.1) is 11.1 Å². The van der Waals surface area contributed by atoms with Crippen molar-refractivity contribution in [2.24, 2.45) is 5.73 Å². The van der Waals surface area contributed by atoms with Gasteiger partial charge in [-0.05, 0) is 36.6 Å². The molecule has 2 heterocycles. The molecule has 1 aliphatic rings. The van der Waals surface area contributed by atoms with Gasteiger partial charge in [-0.25, -0.2) is 0 Å². The molecule has 1 aromatic heterocycles. The standard InChI is InChI=1S/C23H21N3O3/c1-13-19(22(24)28)21(14-6-3-2-4-7-14)18(25-13)12-16-20-15(10-11-27)8-5-9-17(20)26-23(16)29/h2-9,12,25,27H,10-11H2,1H3,(H2,24,28)(H,26,29). The Morgan fingerprint density at radius 1 is 1.10 bits per heavy atom. The largest absolute Gasteiger partial charge is 0.396 e. The molecule has 146 valence electrons. The first kappa shape index (κ1) is 18.7. The highest BCUT2D eigenvalue weighted by Gasteiger charge is 2.28. The van der Waals surface area contributed by atoms with Gasteiger partial charge in [0.25, 0.3) is 11.8 Å². The first-order valence-corrected chi connectivity index (χ1v) is 9.35. The molecule has 0 atom stereocenters. The SMILES string of the molecule is Cc1[nH]c(C=C2C(=O)Nc3cccc(CCO)c32)c(-c2ccccc2)c1C(N)=O. The molecule has 0 spiro atoms. The Labute approximate surface area is 168 Å². The lowest BCUT2D eigenvalue weighted by atomic mass is 9.95. The van der Waals surface area contributed by atoms with E-state index in [-0.39, 0.29) is 12.5 Å². The number of aliphatic hydroxyl groups excluding tert-OH is 1. The van der Waals surface area contributed by atoms with Gasteiger partial charge in [-0.1, -0.05) is 42.5 Å². The topological polar surface area (TPSA) is 108 Å². The van der Waals surface area contributed by atoms with E-state index in [1.165, 1.54) is 0 Å². The molecular formula is C23H21N3O3. The molecule has 0 saturated carbocycles. The molecule has 6 nitrogen and oxygen atoms in total. The van der Waals surface area contributed by atoms with Crippen LogP contribution >= 0.6 is 0 Å². The van der Waals surface area contributed by atoms with Crippen molar-refractivity contribution in [1.29, 1.82) is 0 Å². The number of carbonyl (C=O) groups is 2. The molecule has 1 aliphatic heterocycles. The number of nitrogens with one attached hydrogen (secondary N) is 2. The van der Waals surface area contributed by atoms with Crippen LogP contribution in [0, 0.1) is 6.92 Å². The zero-order valence-corrected chi connectivity index (χ0v) is 16.0. The molecule has 3 aromatic rings. The Morgan fingerprint density at radius 3 is 2.55 bits per heavy atom. The number of anilines is 1. The summed E-state index contributed by atoms with van der Waals surface area (Å²) >= 11 is 0. The molecular weight excluding hydrogens is 366 g/mol. The van der Waals surface area contributed by atoms with Crippen LogP contribution in [0.15, 0.2) is 48.5 Å². The highest BCUT2D eigenvalue weighted by atomic mass is 16.3. The van der Waals surface area contributed by atoms with Gasteiger partial charge in [-0.3, -0.25) is 9.59 Å². The number of nitrogens with two attached hydrogens (primary N) is 1.